The highest BCUT2D eigenvalue weighted by molar-refractivity contribution is 6.30. The van der Waals surface area contributed by atoms with Gasteiger partial charge in [0, 0.05) is 29.4 Å². The van der Waals surface area contributed by atoms with Crippen LogP contribution in [0, 0.1) is 0 Å². The van der Waals surface area contributed by atoms with Crippen LogP contribution in [0.1, 0.15) is 18.1 Å². The number of allylic oxidation sites excluding steroid dienone is 3. The standard InChI is InChI=1S/C26H24ClN7O2/c1-2-4-19(12-29-16-35)18-7-8-23-22(10-18)26(30-11-17-5-3-6-21(27)9-17)33-25(32-23)20-13-31-34(14-20)15-24(28)36/h2-10,12-14,16H,11,15H2,1H3,(H2,28,36)(H,29,35)(H,30,32,33)/b4-2-,19-12+. The van der Waals surface area contributed by atoms with Crippen LogP contribution in [0.4, 0.5) is 5.82 Å². The molecule has 2 amide bonds. The Morgan fingerprint density at radius 3 is 2.81 bits per heavy atom. The Labute approximate surface area is 212 Å². The molecule has 0 saturated carbocycles. The largest absolute Gasteiger partial charge is 0.368 e. The number of carbonyl (C=O) groups excluding carboxylic acids is 2. The van der Waals surface area contributed by atoms with Gasteiger partial charge in [0.05, 0.1) is 17.3 Å². The third kappa shape index (κ3) is 5.94. The molecular weight excluding hydrogens is 478 g/mol. The lowest BCUT2D eigenvalue weighted by Gasteiger charge is -2.12. The lowest BCUT2D eigenvalue weighted by Crippen LogP contribution is -2.18. The van der Waals surface area contributed by atoms with Crippen molar-refractivity contribution in [1.29, 1.82) is 0 Å². The van der Waals surface area contributed by atoms with Gasteiger partial charge in [0.25, 0.3) is 0 Å². The molecule has 0 spiro atoms. The number of amides is 2. The van der Waals surface area contributed by atoms with Crippen molar-refractivity contribution >= 4 is 46.2 Å². The summed E-state index contributed by atoms with van der Waals surface area (Å²) in [6, 6.07) is 13.4. The molecule has 4 N–H and O–H groups in total. The summed E-state index contributed by atoms with van der Waals surface area (Å²) in [5.74, 6) is 0.573. The lowest BCUT2D eigenvalue weighted by atomic mass is 10.0. The highest BCUT2D eigenvalue weighted by Crippen LogP contribution is 2.29. The zero-order valence-electron chi connectivity index (χ0n) is 19.5. The quantitative estimate of drug-likeness (QED) is 0.223. The molecule has 4 aromatic rings. The second kappa shape index (κ2) is 11.3. The Kier molecular flexibility index (Phi) is 7.72. The van der Waals surface area contributed by atoms with E-state index in [1.807, 2.05) is 61.5 Å². The minimum absolute atomic E-state index is 0.0360. The molecule has 0 aliphatic heterocycles. The SMILES string of the molecule is C/C=C\C(=C/NC=O)c1ccc2nc(-c3cnn(CC(N)=O)c3)nc(NCc3cccc(Cl)c3)c2c1. The van der Waals surface area contributed by atoms with Gasteiger partial charge >= 0.3 is 0 Å². The van der Waals surface area contributed by atoms with Crippen LogP contribution >= 0.6 is 11.6 Å². The molecule has 0 aliphatic carbocycles. The average molecular weight is 502 g/mol. The molecular formula is C26H24ClN7O2. The number of primary amides is 1. The first-order valence-corrected chi connectivity index (χ1v) is 11.5. The molecule has 2 aromatic heterocycles. The van der Waals surface area contributed by atoms with E-state index < -0.39 is 5.91 Å². The molecule has 182 valence electrons. The summed E-state index contributed by atoms with van der Waals surface area (Å²) < 4.78 is 1.45. The number of rotatable bonds is 10. The molecule has 2 aromatic carbocycles. The Balaban J connectivity index is 1.79. The van der Waals surface area contributed by atoms with E-state index in [1.165, 1.54) is 4.68 Å². The highest BCUT2D eigenvalue weighted by Gasteiger charge is 2.13. The summed E-state index contributed by atoms with van der Waals surface area (Å²) in [7, 11) is 0. The van der Waals surface area contributed by atoms with E-state index in [1.54, 1.807) is 18.6 Å². The monoisotopic (exact) mass is 501 g/mol. The summed E-state index contributed by atoms with van der Waals surface area (Å²) in [6.45, 7) is 2.36. The zero-order chi connectivity index (χ0) is 25.5. The Morgan fingerprint density at radius 2 is 2.06 bits per heavy atom. The summed E-state index contributed by atoms with van der Waals surface area (Å²) in [4.78, 5) is 31.6. The number of halogens is 1. The van der Waals surface area contributed by atoms with Crippen LogP contribution in [0.15, 0.2) is 73.2 Å². The Hall–Kier alpha value is -4.50. The van der Waals surface area contributed by atoms with Crippen molar-refractivity contribution in [2.24, 2.45) is 5.73 Å². The maximum Gasteiger partial charge on any atom is 0.239 e. The molecule has 36 heavy (non-hydrogen) atoms. The number of anilines is 1. The number of nitrogens with two attached hydrogens (primary N) is 1. The highest BCUT2D eigenvalue weighted by atomic mass is 35.5. The number of benzene rings is 2. The summed E-state index contributed by atoms with van der Waals surface area (Å²) in [5, 5.41) is 11.6. The number of nitrogens with zero attached hydrogens (tertiary/aromatic N) is 4. The molecule has 0 atom stereocenters. The minimum Gasteiger partial charge on any atom is -0.368 e. The maximum atomic E-state index is 11.3. The van der Waals surface area contributed by atoms with Gasteiger partial charge in [-0.05, 0) is 47.9 Å². The van der Waals surface area contributed by atoms with Crippen molar-refractivity contribution in [2.75, 3.05) is 5.32 Å². The van der Waals surface area contributed by atoms with Crippen molar-refractivity contribution in [1.82, 2.24) is 25.1 Å². The van der Waals surface area contributed by atoms with Gasteiger partial charge in [0.2, 0.25) is 12.3 Å². The van der Waals surface area contributed by atoms with Crippen LogP contribution in [0.3, 0.4) is 0 Å². The van der Waals surface area contributed by atoms with Gasteiger partial charge in [0.1, 0.15) is 12.4 Å². The van der Waals surface area contributed by atoms with Crippen molar-refractivity contribution in [2.45, 2.75) is 20.0 Å². The average Bonchev–Trinajstić information content (AvgIpc) is 3.32. The van der Waals surface area contributed by atoms with Crippen LogP contribution in [0.2, 0.25) is 5.02 Å². The number of aromatic nitrogens is 4. The number of fused-ring (bicyclic) bond motifs is 1. The summed E-state index contributed by atoms with van der Waals surface area (Å²) in [6.07, 6.45) is 9.32. The number of carbonyl (C=O) groups is 2. The van der Waals surface area contributed by atoms with Crippen LogP contribution in [0.25, 0.3) is 27.9 Å². The van der Waals surface area contributed by atoms with Gasteiger partial charge < -0.3 is 16.4 Å². The molecule has 0 bridgehead atoms. The van der Waals surface area contributed by atoms with E-state index in [4.69, 9.17) is 27.3 Å². The fourth-order valence-corrected chi connectivity index (χ4v) is 3.87. The van der Waals surface area contributed by atoms with Crippen molar-refractivity contribution in [3.63, 3.8) is 0 Å². The van der Waals surface area contributed by atoms with Crippen molar-refractivity contribution < 1.29 is 9.59 Å². The number of hydrogen-bond acceptors (Lipinski definition) is 6. The second-order valence-corrected chi connectivity index (χ2v) is 8.32. The summed E-state index contributed by atoms with van der Waals surface area (Å²) >= 11 is 6.15. The first kappa shape index (κ1) is 24.6. The Morgan fingerprint density at radius 1 is 1.19 bits per heavy atom. The van der Waals surface area contributed by atoms with E-state index in [9.17, 15) is 9.59 Å². The molecule has 0 fully saturated rings. The molecule has 2 heterocycles. The predicted octanol–water partition coefficient (Wildman–Crippen LogP) is 3.91. The molecule has 4 rings (SSSR count). The molecule has 0 radical (unpaired) electrons. The first-order chi connectivity index (χ1) is 17.5. The zero-order valence-corrected chi connectivity index (χ0v) is 20.2. The van der Waals surface area contributed by atoms with Gasteiger partial charge in [-0.3, -0.25) is 14.3 Å². The smallest absolute Gasteiger partial charge is 0.239 e. The Bertz CT molecular complexity index is 1480. The normalized spacial score (nSPS) is 11.7. The van der Waals surface area contributed by atoms with Crippen molar-refractivity contribution in [3.8, 4) is 11.4 Å². The van der Waals surface area contributed by atoms with Crippen LogP contribution < -0.4 is 16.4 Å². The van der Waals surface area contributed by atoms with E-state index in [-0.39, 0.29) is 6.54 Å². The van der Waals surface area contributed by atoms with Gasteiger partial charge in [-0.25, -0.2) is 9.97 Å². The first-order valence-electron chi connectivity index (χ1n) is 11.1. The molecule has 9 nitrogen and oxygen atoms in total. The van der Waals surface area contributed by atoms with E-state index in [2.05, 4.69) is 15.7 Å². The van der Waals surface area contributed by atoms with Gasteiger partial charge in [-0.2, -0.15) is 5.10 Å². The van der Waals surface area contributed by atoms with E-state index in [0.717, 1.165) is 22.1 Å². The molecule has 0 aliphatic rings. The van der Waals surface area contributed by atoms with Crippen LogP contribution in [-0.4, -0.2) is 32.1 Å². The maximum absolute atomic E-state index is 11.3. The third-order valence-corrected chi connectivity index (χ3v) is 5.48. The minimum atomic E-state index is -0.491. The fourth-order valence-electron chi connectivity index (χ4n) is 3.66. The molecule has 0 saturated heterocycles. The van der Waals surface area contributed by atoms with Crippen molar-refractivity contribution in [3.05, 3.63) is 89.4 Å². The van der Waals surface area contributed by atoms with Gasteiger partial charge in [-0.15, -0.1) is 0 Å². The second-order valence-electron chi connectivity index (χ2n) is 7.89. The lowest BCUT2D eigenvalue weighted by molar-refractivity contribution is -0.118. The van der Waals surface area contributed by atoms with E-state index in [0.29, 0.717) is 40.7 Å². The van der Waals surface area contributed by atoms with Gasteiger partial charge in [0.15, 0.2) is 5.82 Å². The third-order valence-electron chi connectivity index (χ3n) is 5.24. The van der Waals surface area contributed by atoms with Crippen LogP contribution in [0.5, 0.6) is 0 Å². The molecule has 0 unspecified atom stereocenters. The molecule has 10 heteroatoms. The number of hydrogen-bond donors (Lipinski definition) is 3. The van der Waals surface area contributed by atoms with Gasteiger partial charge in [-0.1, -0.05) is 42.0 Å². The predicted molar refractivity (Wildman–Crippen MR) is 141 cm³/mol. The van der Waals surface area contributed by atoms with Crippen LogP contribution in [-0.2, 0) is 22.7 Å². The van der Waals surface area contributed by atoms with E-state index >= 15 is 0 Å². The topological polar surface area (TPSA) is 128 Å². The number of nitrogens with one attached hydrogen (secondary N) is 2. The fraction of sp³-hybridized carbons (Fsp3) is 0.115. The summed E-state index contributed by atoms with van der Waals surface area (Å²) in [5.41, 5.74) is 9.34.